The van der Waals surface area contributed by atoms with Crippen molar-refractivity contribution in [3.05, 3.63) is 72.5 Å². The molecule has 0 radical (unpaired) electrons. The summed E-state index contributed by atoms with van der Waals surface area (Å²) in [5.41, 5.74) is 4.05. The predicted octanol–water partition coefficient (Wildman–Crippen LogP) is 4.96. The third-order valence-corrected chi connectivity index (χ3v) is 3.18. The summed E-state index contributed by atoms with van der Waals surface area (Å²) in [4.78, 5) is 4.61. The van der Waals surface area contributed by atoms with Gasteiger partial charge in [-0.25, -0.2) is 4.98 Å². The molecular weight excluding hydrogens is 246 g/mol. The van der Waals surface area contributed by atoms with Gasteiger partial charge in [-0.2, -0.15) is 0 Å². The van der Waals surface area contributed by atoms with Crippen LogP contribution in [0.1, 0.15) is 11.3 Å². The van der Waals surface area contributed by atoms with Crippen LogP contribution in [0.25, 0.3) is 28.8 Å². The molecule has 0 unspecified atom stereocenters. The number of oxazole rings is 1. The summed E-state index contributed by atoms with van der Waals surface area (Å²) >= 11 is 0. The first-order valence-corrected chi connectivity index (χ1v) is 6.53. The molecule has 0 fully saturated rings. The highest BCUT2D eigenvalue weighted by Crippen LogP contribution is 2.29. The van der Waals surface area contributed by atoms with Crippen LogP contribution >= 0.6 is 0 Å². The minimum Gasteiger partial charge on any atom is -0.436 e. The highest BCUT2D eigenvalue weighted by Gasteiger charge is 2.13. The van der Waals surface area contributed by atoms with E-state index in [1.807, 2.05) is 42.5 Å². The highest BCUT2D eigenvalue weighted by atomic mass is 16.4. The monoisotopic (exact) mass is 261 g/mol. The largest absolute Gasteiger partial charge is 0.436 e. The first-order chi connectivity index (χ1) is 9.78. The summed E-state index contributed by atoms with van der Waals surface area (Å²) in [5, 5.41) is 0. The van der Waals surface area contributed by atoms with E-state index in [0.717, 1.165) is 16.8 Å². The fourth-order valence-corrected chi connectivity index (χ4v) is 2.09. The first kappa shape index (κ1) is 12.4. The Kier molecular flexibility index (Phi) is 3.21. The van der Waals surface area contributed by atoms with Crippen molar-refractivity contribution in [3.63, 3.8) is 0 Å². The Balaban J connectivity index is 2.09. The molecule has 2 nitrogen and oxygen atoms in total. The maximum Gasteiger partial charge on any atom is 0.227 e. The fourth-order valence-electron chi connectivity index (χ4n) is 2.09. The molecule has 0 saturated carbocycles. The van der Waals surface area contributed by atoms with E-state index in [1.165, 1.54) is 5.56 Å². The minimum absolute atomic E-state index is 0.624. The average molecular weight is 261 g/mol. The van der Waals surface area contributed by atoms with E-state index >= 15 is 0 Å². The Morgan fingerprint density at radius 1 is 0.950 bits per heavy atom. The topological polar surface area (TPSA) is 26.0 Å². The van der Waals surface area contributed by atoms with E-state index in [1.54, 1.807) is 6.08 Å². The second-order valence-corrected chi connectivity index (χ2v) is 4.67. The van der Waals surface area contributed by atoms with Gasteiger partial charge >= 0.3 is 0 Å². The van der Waals surface area contributed by atoms with Crippen molar-refractivity contribution in [3.8, 4) is 22.7 Å². The van der Waals surface area contributed by atoms with Crippen LogP contribution in [0, 0.1) is 6.92 Å². The fraction of sp³-hybridized carbons (Fsp3) is 0.0556. The van der Waals surface area contributed by atoms with Crippen LogP contribution in [-0.4, -0.2) is 4.98 Å². The lowest BCUT2D eigenvalue weighted by Crippen LogP contribution is -1.81. The van der Waals surface area contributed by atoms with Gasteiger partial charge in [0, 0.05) is 11.1 Å². The molecule has 20 heavy (non-hydrogen) atoms. The number of aromatic nitrogens is 1. The molecule has 0 bridgehead atoms. The van der Waals surface area contributed by atoms with Crippen LogP contribution in [0.15, 0.2) is 65.6 Å². The quantitative estimate of drug-likeness (QED) is 0.666. The molecule has 0 saturated heterocycles. The van der Waals surface area contributed by atoms with E-state index < -0.39 is 0 Å². The zero-order chi connectivity index (χ0) is 13.9. The van der Waals surface area contributed by atoms with Crippen LogP contribution < -0.4 is 0 Å². The van der Waals surface area contributed by atoms with E-state index in [2.05, 4.69) is 30.6 Å². The Bertz CT molecular complexity index is 724. The van der Waals surface area contributed by atoms with Gasteiger partial charge in [-0.15, -0.1) is 0 Å². The first-order valence-electron chi connectivity index (χ1n) is 6.53. The molecule has 3 rings (SSSR count). The second kappa shape index (κ2) is 5.17. The van der Waals surface area contributed by atoms with Gasteiger partial charge in [0.05, 0.1) is 0 Å². The molecule has 2 aromatic carbocycles. The number of hydrogen-bond acceptors (Lipinski definition) is 2. The van der Waals surface area contributed by atoms with Crippen molar-refractivity contribution in [1.29, 1.82) is 0 Å². The number of hydrogen-bond donors (Lipinski definition) is 0. The molecule has 3 aromatic rings. The van der Waals surface area contributed by atoms with Gasteiger partial charge < -0.3 is 4.42 Å². The smallest absolute Gasteiger partial charge is 0.227 e. The van der Waals surface area contributed by atoms with Crippen molar-refractivity contribution in [2.24, 2.45) is 0 Å². The maximum absolute atomic E-state index is 5.82. The lowest BCUT2D eigenvalue weighted by Gasteiger charge is -1.96. The second-order valence-electron chi connectivity index (χ2n) is 4.67. The lowest BCUT2D eigenvalue weighted by atomic mass is 10.1. The van der Waals surface area contributed by atoms with Crippen LogP contribution in [-0.2, 0) is 0 Å². The molecule has 0 amide bonds. The van der Waals surface area contributed by atoms with Gasteiger partial charge in [-0.3, -0.25) is 0 Å². The van der Waals surface area contributed by atoms with Crippen molar-refractivity contribution < 1.29 is 4.42 Å². The number of aryl methyl sites for hydroxylation is 1. The average Bonchev–Trinajstić information content (AvgIpc) is 2.93. The Morgan fingerprint density at radius 2 is 1.65 bits per heavy atom. The molecule has 0 spiro atoms. The Morgan fingerprint density at radius 3 is 2.30 bits per heavy atom. The molecule has 0 N–H and O–H groups in total. The van der Waals surface area contributed by atoms with E-state index in [4.69, 9.17) is 4.42 Å². The van der Waals surface area contributed by atoms with Gasteiger partial charge in [0.25, 0.3) is 0 Å². The Labute approximate surface area is 118 Å². The summed E-state index contributed by atoms with van der Waals surface area (Å²) in [7, 11) is 0. The molecule has 0 aliphatic carbocycles. The molecule has 2 heteroatoms. The van der Waals surface area contributed by atoms with Crippen molar-refractivity contribution in [2.75, 3.05) is 0 Å². The lowest BCUT2D eigenvalue weighted by molar-refractivity contribution is 0.565. The van der Waals surface area contributed by atoms with Crippen LogP contribution in [0.4, 0.5) is 0 Å². The predicted molar refractivity (Wildman–Crippen MR) is 82.2 cm³/mol. The summed E-state index contributed by atoms with van der Waals surface area (Å²) in [6, 6.07) is 18.1. The minimum atomic E-state index is 0.624. The SMILES string of the molecule is C=Cc1oc(-c2ccc(C)cc2)nc1-c1ccccc1. The van der Waals surface area contributed by atoms with Crippen LogP contribution in [0.5, 0.6) is 0 Å². The molecular formula is C18H15NO. The van der Waals surface area contributed by atoms with E-state index in [9.17, 15) is 0 Å². The van der Waals surface area contributed by atoms with Crippen molar-refractivity contribution in [2.45, 2.75) is 6.92 Å². The summed E-state index contributed by atoms with van der Waals surface area (Å²) in [6.07, 6.45) is 1.70. The molecule has 0 atom stereocenters. The van der Waals surface area contributed by atoms with Crippen molar-refractivity contribution >= 4 is 6.08 Å². The standard InChI is InChI=1S/C18H15NO/c1-3-16-17(14-7-5-4-6-8-14)19-18(20-16)15-11-9-13(2)10-12-15/h3-12H,1H2,2H3. The molecule has 0 aliphatic heterocycles. The van der Waals surface area contributed by atoms with E-state index in [0.29, 0.717) is 11.7 Å². The highest BCUT2D eigenvalue weighted by molar-refractivity contribution is 5.71. The number of benzene rings is 2. The molecule has 0 aliphatic rings. The zero-order valence-electron chi connectivity index (χ0n) is 11.3. The number of rotatable bonds is 3. The molecule has 1 heterocycles. The van der Waals surface area contributed by atoms with Crippen molar-refractivity contribution in [1.82, 2.24) is 4.98 Å². The summed E-state index contributed by atoms with van der Waals surface area (Å²) < 4.78 is 5.82. The third-order valence-electron chi connectivity index (χ3n) is 3.18. The van der Waals surface area contributed by atoms with Crippen LogP contribution in [0.2, 0.25) is 0 Å². The zero-order valence-corrected chi connectivity index (χ0v) is 11.3. The van der Waals surface area contributed by atoms with Gasteiger partial charge in [-0.1, -0.05) is 54.6 Å². The number of nitrogens with zero attached hydrogens (tertiary/aromatic N) is 1. The maximum atomic E-state index is 5.82. The van der Waals surface area contributed by atoms with Gasteiger partial charge in [0.1, 0.15) is 5.69 Å². The molecule has 98 valence electrons. The Hall–Kier alpha value is -2.61. The van der Waals surface area contributed by atoms with Crippen LogP contribution in [0.3, 0.4) is 0 Å². The molecule has 1 aromatic heterocycles. The summed E-state index contributed by atoms with van der Waals surface area (Å²) in [6.45, 7) is 5.86. The summed E-state index contributed by atoms with van der Waals surface area (Å²) in [5.74, 6) is 1.32. The van der Waals surface area contributed by atoms with Gasteiger partial charge in [0.15, 0.2) is 5.76 Å². The van der Waals surface area contributed by atoms with Gasteiger partial charge in [0.2, 0.25) is 5.89 Å². The van der Waals surface area contributed by atoms with E-state index in [-0.39, 0.29) is 0 Å². The third kappa shape index (κ3) is 2.28. The normalized spacial score (nSPS) is 10.4. The van der Waals surface area contributed by atoms with Gasteiger partial charge in [-0.05, 0) is 25.1 Å².